The van der Waals surface area contributed by atoms with Crippen LogP contribution in [-0.2, 0) is 24.1 Å². The van der Waals surface area contributed by atoms with Crippen LogP contribution in [0.5, 0.6) is 0 Å². The summed E-state index contributed by atoms with van der Waals surface area (Å²) in [5.74, 6) is -0.244. The fourth-order valence-electron chi connectivity index (χ4n) is 4.10. The lowest BCUT2D eigenvalue weighted by Crippen LogP contribution is -2.37. The van der Waals surface area contributed by atoms with Gasteiger partial charge >= 0.3 is 5.97 Å². The number of anilines is 2. The summed E-state index contributed by atoms with van der Waals surface area (Å²) in [5.41, 5.74) is 1.98. The van der Waals surface area contributed by atoms with E-state index in [0.717, 1.165) is 50.4 Å². The van der Waals surface area contributed by atoms with E-state index in [-0.39, 0.29) is 17.0 Å². The van der Waals surface area contributed by atoms with Gasteiger partial charge in [-0.1, -0.05) is 0 Å². The van der Waals surface area contributed by atoms with Crippen LogP contribution < -0.4 is 9.80 Å². The van der Waals surface area contributed by atoms with E-state index in [0.29, 0.717) is 18.1 Å². The van der Waals surface area contributed by atoms with Crippen molar-refractivity contribution in [1.29, 1.82) is 0 Å². The van der Waals surface area contributed by atoms with Crippen LogP contribution in [0.4, 0.5) is 11.4 Å². The van der Waals surface area contributed by atoms with Gasteiger partial charge in [0.1, 0.15) is 6.10 Å². The number of morpholine rings is 1. The maximum Gasteiger partial charge on any atom is 0.302 e. The van der Waals surface area contributed by atoms with Gasteiger partial charge in [0, 0.05) is 57.3 Å². The number of esters is 1. The Morgan fingerprint density at radius 3 is 1.74 bits per heavy atom. The molecule has 7 nitrogen and oxygen atoms in total. The highest BCUT2D eigenvalue weighted by atomic mass is 32.2. The minimum atomic E-state index is -3.58. The molecular formula is C23H28N2O5S. The van der Waals surface area contributed by atoms with Gasteiger partial charge in [-0.2, -0.15) is 0 Å². The summed E-state index contributed by atoms with van der Waals surface area (Å²) < 4.78 is 36.8. The van der Waals surface area contributed by atoms with Crippen molar-refractivity contribution in [1.82, 2.24) is 0 Å². The van der Waals surface area contributed by atoms with Gasteiger partial charge in [0.2, 0.25) is 9.84 Å². The van der Waals surface area contributed by atoms with Gasteiger partial charge in [-0.25, -0.2) is 8.42 Å². The first-order valence-corrected chi connectivity index (χ1v) is 12.1. The summed E-state index contributed by atoms with van der Waals surface area (Å²) in [7, 11) is -3.58. The molecule has 0 bridgehead atoms. The van der Waals surface area contributed by atoms with E-state index < -0.39 is 9.84 Å². The first-order chi connectivity index (χ1) is 14.9. The van der Waals surface area contributed by atoms with E-state index >= 15 is 0 Å². The van der Waals surface area contributed by atoms with Crippen molar-refractivity contribution in [2.45, 2.75) is 35.7 Å². The molecule has 0 N–H and O–H groups in total. The number of carbonyl (C=O) groups excluding carboxylic acids is 1. The molecule has 0 amide bonds. The molecule has 4 rings (SSSR count). The topological polar surface area (TPSA) is 76.2 Å². The average Bonchev–Trinajstić information content (AvgIpc) is 2.80. The van der Waals surface area contributed by atoms with Crippen molar-refractivity contribution in [2.24, 2.45) is 0 Å². The van der Waals surface area contributed by atoms with Crippen molar-refractivity contribution in [3.05, 3.63) is 48.5 Å². The standard InChI is InChI=1S/C23H28N2O5S/c1-18(26)30-21-10-12-24(13-11-21)19-2-6-22(7-3-19)31(27,28)23-8-4-20(5-9-23)25-14-16-29-17-15-25/h2-9,21H,10-17H2,1H3. The highest BCUT2D eigenvalue weighted by molar-refractivity contribution is 7.91. The first-order valence-electron chi connectivity index (χ1n) is 10.6. The van der Waals surface area contributed by atoms with Gasteiger partial charge in [0.05, 0.1) is 23.0 Å². The van der Waals surface area contributed by atoms with Gasteiger partial charge in [-0.05, 0) is 48.5 Å². The van der Waals surface area contributed by atoms with Gasteiger partial charge in [-0.3, -0.25) is 4.79 Å². The largest absolute Gasteiger partial charge is 0.462 e. The quantitative estimate of drug-likeness (QED) is 0.657. The number of carbonyl (C=O) groups is 1. The zero-order chi connectivity index (χ0) is 21.8. The lowest BCUT2D eigenvalue weighted by molar-refractivity contribution is -0.147. The molecule has 0 unspecified atom stereocenters. The van der Waals surface area contributed by atoms with Gasteiger partial charge < -0.3 is 19.3 Å². The summed E-state index contributed by atoms with van der Waals surface area (Å²) in [6.45, 7) is 5.97. The van der Waals surface area contributed by atoms with E-state index in [1.54, 1.807) is 24.3 Å². The Hall–Kier alpha value is -2.58. The molecule has 2 fully saturated rings. The van der Waals surface area contributed by atoms with E-state index in [1.807, 2.05) is 24.3 Å². The Balaban J connectivity index is 1.42. The van der Waals surface area contributed by atoms with Crippen LogP contribution in [-0.4, -0.2) is 59.9 Å². The summed E-state index contributed by atoms with van der Waals surface area (Å²) in [5, 5.41) is 0. The molecule has 2 aromatic carbocycles. The van der Waals surface area contributed by atoms with Crippen LogP contribution in [0.2, 0.25) is 0 Å². The normalized spacial score (nSPS) is 18.1. The van der Waals surface area contributed by atoms with Gasteiger partial charge in [-0.15, -0.1) is 0 Å². The molecule has 0 atom stereocenters. The summed E-state index contributed by atoms with van der Waals surface area (Å²) in [4.78, 5) is 16.1. The zero-order valence-corrected chi connectivity index (χ0v) is 18.5. The van der Waals surface area contributed by atoms with E-state index in [1.165, 1.54) is 6.92 Å². The molecule has 0 aromatic heterocycles. The van der Waals surface area contributed by atoms with Crippen molar-refractivity contribution < 1.29 is 22.7 Å². The van der Waals surface area contributed by atoms with Gasteiger partial charge in [0.15, 0.2) is 0 Å². The van der Waals surface area contributed by atoms with Crippen molar-refractivity contribution >= 4 is 27.2 Å². The predicted octanol–water partition coefficient (Wildman–Crippen LogP) is 2.89. The van der Waals surface area contributed by atoms with Crippen molar-refractivity contribution in [2.75, 3.05) is 49.2 Å². The summed E-state index contributed by atoms with van der Waals surface area (Å²) in [6, 6.07) is 14.1. The minimum absolute atomic E-state index is 0.0335. The van der Waals surface area contributed by atoms with E-state index in [2.05, 4.69) is 9.80 Å². The van der Waals surface area contributed by atoms with Crippen LogP contribution in [0, 0.1) is 0 Å². The third-order valence-electron chi connectivity index (χ3n) is 5.81. The number of hydrogen-bond acceptors (Lipinski definition) is 7. The van der Waals surface area contributed by atoms with Crippen LogP contribution in [0.3, 0.4) is 0 Å². The Kier molecular flexibility index (Phi) is 6.48. The fourth-order valence-corrected chi connectivity index (χ4v) is 5.36. The SMILES string of the molecule is CC(=O)OC1CCN(c2ccc(S(=O)(=O)c3ccc(N4CCOCC4)cc3)cc2)CC1. The number of sulfone groups is 1. The van der Waals surface area contributed by atoms with Crippen molar-refractivity contribution in [3.63, 3.8) is 0 Å². The average molecular weight is 445 g/mol. The third kappa shape index (κ3) is 5.02. The molecule has 2 aromatic rings. The van der Waals surface area contributed by atoms with Crippen LogP contribution in [0.15, 0.2) is 58.3 Å². The Labute approximate surface area is 183 Å². The Morgan fingerprint density at radius 2 is 1.29 bits per heavy atom. The van der Waals surface area contributed by atoms with Crippen LogP contribution in [0.25, 0.3) is 0 Å². The monoisotopic (exact) mass is 444 g/mol. The van der Waals surface area contributed by atoms with Crippen molar-refractivity contribution in [3.8, 4) is 0 Å². The number of benzene rings is 2. The van der Waals surface area contributed by atoms with E-state index in [9.17, 15) is 13.2 Å². The lowest BCUT2D eigenvalue weighted by atomic mass is 10.1. The van der Waals surface area contributed by atoms with Crippen LogP contribution >= 0.6 is 0 Å². The molecule has 0 aliphatic carbocycles. The molecule has 0 radical (unpaired) electrons. The third-order valence-corrected chi connectivity index (χ3v) is 7.60. The zero-order valence-electron chi connectivity index (χ0n) is 17.7. The molecule has 2 heterocycles. The Bertz CT molecular complexity index is 991. The molecule has 2 aliphatic heterocycles. The number of piperidine rings is 1. The molecular weight excluding hydrogens is 416 g/mol. The number of hydrogen-bond donors (Lipinski definition) is 0. The second kappa shape index (κ2) is 9.28. The Morgan fingerprint density at radius 1 is 0.839 bits per heavy atom. The highest BCUT2D eigenvalue weighted by Crippen LogP contribution is 2.27. The maximum absolute atomic E-state index is 13.1. The number of rotatable bonds is 5. The predicted molar refractivity (Wildman–Crippen MR) is 118 cm³/mol. The first kappa shape index (κ1) is 21.6. The number of nitrogens with zero attached hydrogens (tertiary/aromatic N) is 2. The maximum atomic E-state index is 13.1. The molecule has 0 saturated carbocycles. The molecule has 2 saturated heterocycles. The minimum Gasteiger partial charge on any atom is -0.462 e. The lowest BCUT2D eigenvalue weighted by Gasteiger charge is -2.33. The smallest absolute Gasteiger partial charge is 0.302 e. The fraction of sp³-hybridized carbons (Fsp3) is 0.435. The number of ether oxygens (including phenoxy) is 2. The summed E-state index contributed by atoms with van der Waals surface area (Å²) >= 11 is 0. The highest BCUT2D eigenvalue weighted by Gasteiger charge is 2.23. The molecule has 166 valence electrons. The van der Waals surface area contributed by atoms with E-state index in [4.69, 9.17) is 9.47 Å². The van der Waals surface area contributed by atoms with Crippen LogP contribution in [0.1, 0.15) is 19.8 Å². The summed E-state index contributed by atoms with van der Waals surface area (Å²) in [6.07, 6.45) is 1.51. The van der Waals surface area contributed by atoms with Gasteiger partial charge in [0.25, 0.3) is 0 Å². The molecule has 8 heteroatoms. The molecule has 31 heavy (non-hydrogen) atoms. The molecule has 2 aliphatic rings. The second-order valence-electron chi connectivity index (χ2n) is 7.89. The second-order valence-corrected chi connectivity index (χ2v) is 9.84. The molecule has 0 spiro atoms.